The van der Waals surface area contributed by atoms with Gasteiger partial charge in [0.05, 0.1) is 15.1 Å². The second-order valence-electron chi connectivity index (χ2n) is 6.46. The van der Waals surface area contributed by atoms with Crippen LogP contribution in [0.2, 0.25) is 0 Å². The van der Waals surface area contributed by atoms with Crippen molar-refractivity contribution in [2.24, 2.45) is 12.0 Å². The maximum atomic E-state index is 12.6. The zero-order chi connectivity index (χ0) is 18.3. The lowest BCUT2D eigenvalue weighted by atomic mass is 9.90. The number of rotatable bonds is 2. The lowest BCUT2D eigenvalue weighted by Gasteiger charge is -2.15. The molecule has 0 N–H and O–H groups in total. The number of nitrogens with zero attached hydrogens (tertiary/aromatic N) is 3. The number of aryl methyl sites for hydroxylation is 3. The number of carbonyl (C=O) groups is 1. The van der Waals surface area contributed by atoms with Crippen molar-refractivity contribution in [3.05, 3.63) is 68.0 Å². The molecular weight excluding hydrogens is 350 g/mol. The molecule has 132 valence electrons. The first-order valence-electron chi connectivity index (χ1n) is 8.48. The average Bonchev–Trinajstić information content (AvgIpc) is 2.96. The Morgan fingerprint density at radius 2 is 1.92 bits per heavy atom. The highest BCUT2D eigenvalue weighted by molar-refractivity contribution is 7.16. The SMILES string of the molecule is Cn1c(=NC(=O)c2ccc3c(c2)CCCC3)sc2cc([N+](=O)[O-])ccc21. The Morgan fingerprint density at radius 1 is 1.15 bits per heavy atom. The summed E-state index contributed by atoms with van der Waals surface area (Å²) in [4.78, 5) is 27.9. The number of nitro groups is 1. The highest BCUT2D eigenvalue weighted by atomic mass is 32.1. The minimum Gasteiger partial charge on any atom is -0.319 e. The van der Waals surface area contributed by atoms with Gasteiger partial charge < -0.3 is 4.57 Å². The van der Waals surface area contributed by atoms with E-state index < -0.39 is 4.92 Å². The normalized spacial score (nSPS) is 14.4. The molecule has 2 aromatic carbocycles. The molecule has 1 amide bonds. The molecule has 7 heteroatoms. The fourth-order valence-electron chi connectivity index (χ4n) is 3.36. The van der Waals surface area contributed by atoms with Crippen LogP contribution in [0.4, 0.5) is 5.69 Å². The van der Waals surface area contributed by atoms with Crippen molar-refractivity contribution < 1.29 is 9.72 Å². The van der Waals surface area contributed by atoms with E-state index in [1.54, 1.807) is 10.6 Å². The van der Waals surface area contributed by atoms with E-state index in [0.29, 0.717) is 10.4 Å². The summed E-state index contributed by atoms with van der Waals surface area (Å²) in [5.74, 6) is -0.282. The van der Waals surface area contributed by atoms with Gasteiger partial charge in [0.25, 0.3) is 11.6 Å². The maximum absolute atomic E-state index is 12.6. The second-order valence-corrected chi connectivity index (χ2v) is 7.47. The van der Waals surface area contributed by atoms with E-state index in [-0.39, 0.29) is 11.6 Å². The Morgan fingerprint density at radius 3 is 2.69 bits per heavy atom. The van der Waals surface area contributed by atoms with Crippen LogP contribution in [0.5, 0.6) is 0 Å². The summed E-state index contributed by atoms with van der Waals surface area (Å²) < 4.78 is 2.53. The van der Waals surface area contributed by atoms with E-state index in [0.717, 1.165) is 29.5 Å². The Bertz CT molecular complexity index is 1110. The third-order valence-corrected chi connectivity index (χ3v) is 5.89. The minimum absolute atomic E-state index is 0.0342. The van der Waals surface area contributed by atoms with E-state index in [4.69, 9.17) is 0 Å². The second kappa shape index (κ2) is 6.49. The third-order valence-electron chi connectivity index (χ3n) is 4.80. The standard InChI is InChI=1S/C19H17N3O3S/c1-21-16-9-8-15(22(24)25)11-17(16)26-19(21)20-18(23)14-7-6-12-4-2-3-5-13(12)10-14/h6-11H,2-5H2,1H3. The van der Waals surface area contributed by atoms with E-state index in [2.05, 4.69) is 4.99 Å². The molecule has 0 atom stereocenters. The van der Waals surface area contributed by atoms with E-state index in [9.17, 15) is 14.9 Å². The van der Waals surface area contributed by atoms with Crippen molar-refractivity contribution in [2.75, 3.05) is 0 Å². The van der Waals surface area contributed by atoms with Crippen LogP contribution in [0.1, 0.15) is 34.3 Å². The summed E-state index contributed by atoms with van der Waals surface area (Å²) in [6, 6.07) is 10.5. The third kappa shape index (κ3) is 2.94. The molecule has 1 aliphatic carbocycles. The Labute approximate surface area is 153 Å². The predicted octanol–water partition coefficient (Wildman–Crippen LogP) is 3.77. The summed E-state index contributed by atoms with van der Waals surface area (Å²) in [6.07, 6.45) is 4.45. The van der Waals surface area contributed by atoms with Crippen molar-refractivity contribution in [2.45, 2.75) is 25.7 Å². The molecule has 1 heterocycles. The Hall–Kier alpha value is -2.80. The van der Waals surface area contributed by atoms with Crippen molar-refractivity contribution in [3.63, 3.8) is 0 Å². The van der Waals surface area contributed by atoms with Crippen LogP contribution >= 0.6 is 11.3 Å². The molecule has 1 aromatic heterocycles. The summed E-state index contributed by atoms with van der Waals surface area (Å²) in [5, 5.41) is 10.9. The molecule has 0 fully saturated rings. The van der Waals surface area contributed by atoms with E-state index in [1.165, 1.54) is 41.0 Å². The lowest BCUT2D eigenvalue weighted by Crippen LogP contribution is -2.13. The van der Waals surface area contributed by atoms with Crippen LogP contribution in [0.15, 0.2) is 41.4 Å². The van der Waals surface area contributed by atoms with Gasteiger partial charge in [-0.2, -0.15) is 4.99 Å². The molecule has 0 saturated heterocycles. The fourth-order valence-corrected chi connectivity index (χ4v) is 4.41. The van der Waals surface area contributed by atoms with Gasteiger partial charge in [-0.25, -0.2) is 0 Å². The lowest BCUT2D eigenvalue weighted by molar-refractivity contribution is -0.384. The van der Waals surface area contributed by atoms with Crippen LogP contribution in [0.3, 0.4) is 0 Å². The number of fused-ring (bicyclic) bond motifs is 2. The molecule has 0 bridgehead atoms. The van der Waals surface area contributed by atoms with Crippen LogP contribution < -0.4 is 4.80 Å². The zero-order valence-corrected chi connectivity index (χ0v) is 15.1. The largest absolute Gasteiger partial charge is 0.319 e. The average molecular weight is 367 g/mol. The molecule has 0 radical (unpaired) electrons. The Balaban J connectivity index is 1.74. The maximum Gasteiger partial charge on any atom is 0.279 e. The van der Waals surface area contributed by atoms with Crippen molar-refractivity contribution in [3.8, 4) is 0 Å². The van der Waals surface area contributed by atoms with E-state index >= 15 is 0 Å². The van der Waals surface area contributed by atoms with Gasteiger partial charge in [-0.3, -0.25) is 14.9 Å². The quantitative estimate of drug-likeness (QED) is 0.511. The van der Waals surface area contributed by atoms with Gasteiger partial charge in [0, 0.05) is 24.7 Å². The molecule has 0 saturated carbocycles. The molecule has 26 heavy (non-hydrogen) atoms. The molecule has 4 rings (SSSR count). The topological polar surface area (TPSA) is 77.5 Å². The molecule has 0 unspecified atom stereocenters. The van der Waals surface area contributed by atoms with Crippen molar-refractivity contribution >= 4 is 33.1 Å². The van der Waals surface area contributed by atoms with Gasteiger partial charge in [-0.15, -0.1) is 0 Å². The van der Waals surface area contributed by atoms with Crippen molar-refractivity contribution in [1.82, 2.24) is 4.57 Å². The Kier molecular flexibility index (Phi) is 4.16. The van der Waals surface area contributed by atoms with Gasteiger partial charge in [0.2, 0.25) is 0 Å². The number of benzene rings is 2. The molecule has 0 aliphatic heterocycles. The number of nitro benzene ring substituents is 1. The smallest absolute Gasteiger partial charge is 0.279 e. The molecule has 1 aliphatic rings. The first-order valence-corrected chi connectivity index (χ1v) is 9.29. The minimum atomic E-state index is -0.422. The number of thiazole rings is 1. The molecule has 3 aromatic rings. The van der Waals surface area contributed by atoms with Gasteiger partial charge in [-0.05, 0) is 55.0 Å². The number of hydrogen-bond acceptors (Lipinski definition) is 4. The number of non-ortho nitro benzene ring substituents is 1. The highest BCUT2D eigenvalue weighted by Gasteiger charge is 2.14. The summed E-state index contributed by atoms with van der Waals surface area (Å²) >= 11 is 1.28. The van der Waals surface area contributed by atoms with Gasteiger partial charge in [0.1, 0.15) is 0 Å². The van der Waals surface area contributed by atoms with Gasteiger partial charge in [-0.1, -0.05) is 17.4 Å². The number of amides is 1. The summed E-state index contributed by atoms with van der Waals surface area (Å²) in [7, 11) is 1.81. The van der Waals surface area contributed by atoms with Gasteiger partial charge in [0.15, 0.2) is 4.80 Å². The van der Waals surface area contributed by atoms with E-state index in [1.807, 2.05) is 25.2 Å². The van der Waals surface area contributed by atoms with Crippen LogP contribution in [-0.2, 0) is 19.9 Å². The first-order chi connectivity index (χ1) is 12.5. The monoisotopic (exact) mass is 367 g/mol. The van der Waals surface area contributed by atoms with Crippen LogP contribution in [0.25, 0.3) is 10.2 Å². The number of aromatic nitrogens is 1. The zero-order valence-electron chi connectivity index (χ0n) is 14.3. The van der Waals surface area contributed by atoms with Gasteiger partial charge >= 0.3 is 0 Å². The predicted molar refractivity (Wildman–Crippen MR) is 100 cm³/mol. The van der Waals surface area contributed by atoms with Crippen LogP contribution in [0, 0.1) is 10.1 Å². The number of hydrogen-bond donors (Lipinski definition) is 0. The summed E-state index contributed by atoms with van der Waals surface area (Å²) in [5.41, 5.74) is 4.01. The summed E-state index contributed by atoms with van der Waals surface area (Å²) in [6.45, 7) is 0. The fraction of sp³-hybridized carbons (Fsp3) is 0.263. The highest BCUT2D eigenvalue weighted by Crippen LogP contribution is 2.24. The molecular formula is C19H17N3O3S. The number of carbonyl (C=O) groups excluding carboxylic acids is 1. The van der Waals surface area contributed by atoms with Crippen LogP contribution in [-0.4, -0.2) is 15.4 Å². The van der Waals surface area contributed by atoms with Crippen molar-refractivity contribution in [1.29, 1.82) is 0 Å². The molecule has 0 spiro atoms. The molecule has 6 nitrogen and oxygen atoms in total. The first kappa shape index (κ1) is 16.7.